The molecule has 0 bridgehead atoms. The van der Waals surface area contributed by atoms with Crippen molar-refractivity contribution in [3.63, 3.8) is 0 Å². The number of carbonyl (C=O) groups excluding carboxylic acids is 1. The van der Waals surface area contributed by atoms with Gasteiger partial charge in [-0.2, -0.15) is 0 Å². The molecule has 1 aliphatic rings. The van der Waals surface area contributed by atoms with Crippen molar-refractivity contribution >= 4 is 17.2 Å². The summed E-state index contributed by atoms with van der Waals surface area (Å²) in [5.41, 5.74) is 1.60. The van der Waals surface area contributed by atoms with Crippen molar-refractivity contribution in [3.05, 3.63) is 53.8 Å². The number of amides is 1. The van der Waals surface area contributed by atoms with Gasteiger partial charge >= 0.3 is 0 Å². The Kier molecular flexibility index (Phi) is 5.55. The second kappa shape index (κ2) is 8.41. The van der Waals surface area contributed by atoms with Gasteiger partial charge < -0.3 is 9.73 Å². The Morgan fingerprint density at radius 3 is 2.96 bits per heavy atom. The van der Waals surface area contributed by atoms with Crippen molar-refractivity contribution in [1.29, 1.82) is 0 Å². The Morgan fingerprint density at radius 2 is 2.22 bits per heavy atom. The highest BCUT2D eigenvalue weighted by Crippen LogP contribution is 2.22. The van der Waals surface area contributed by atoms with Gasteiger partial charge in [-0.1, -0.05) is 0 Å². The molecule has 140 valence electrons. The number of thiazole rings is 1. The minimum Gasteiger partial charge on any atom is -0.468 e. The van der Waals surface area contributed by atoms with E-state index in [1.54, 1.807) is 24.9 Å². The summed E-state index contributed by atoms with van der Waals surface area (Å²) in [5.74, 6) is 1.15. The van der Waals surface area contributed by atoms with Crippen molar-refractivity contribution < 1.29 is 9.21 Å². The minimum absolute atomic E-state index is 0.0657. The molecular weight excluding hydrogens is 362 g/mol. The Hall–Kier alpha value is -2.58. The van der Waals surface area contributed by atoms with Gasteiger partial charge in [0.25, 0.3) is 0 Å². The van der Waals surface area contributed by atoms with Gasteiger partial charge in [0.1, 0.15) is 16.5 Å². The number of hydrogen-bond donors (Lipinski definition) is 1. The zero-order chi connectivity index (χ0) is 18.5. The number of rotatable bonds is 6. The third kappa shape index (κ3) is 4.58. The number of piperidine rings is 1. The van der Waals surface area contributed by atoms with Crippen LogP contribution in [-0.4, -0.2) is 38.8 Å². The second-order valence-corrected chi connectivity index (χ2v) is 7.44. The molecule has 1 aliphatic heterocycles. The van der Waals surface area contributed by atoms with E-state index in [0.29, 0.717) is 6.54 Å². The van der Waals surface area contributed by atoms with E-state index in [2.05, 4.69) is 25.2 Å². The van der Waals surface area contributed by atoms with E-state index >= 15 is 0 Å². The van der Waals surface area contributed by atoms with E-state index in [1.165, 1.54) is 11.3 Å². The molecule has 3 aromatic heterocycles. The summed E-state index contributed by atoms with van der Waals surface area (Å²) in [6.45, 7) is 3.08. The first-order valence-corrected chi connectivity index (χ1v) is 9.89. The molecule has 0 aromatic carbocycles. The lowest BCUT2D eigenvalue weighted by molar-refractivity contribution is -0.126. The molecule has 7 nitrogen and oxygen atoms in total. The normalized spacial score (nSPS) is 15.7. The fourth-order valence-electron chi connectivity index (χ4n) is 3.21. The summed E-state index contributed by atoms with van der Waals surface area (Å²) in [4.78, 5) is 27.7. The molecule has 0 unspecified atom stereocenters. The van der Waals surface area contributed by atoms with Crippen LogP contribution in [0.2, 0.25) is 0 Å². The molecule has 4 heterocycles. The van der Waals surface area contributed by atoms with Crippen molar-refractivity contribution in [2.75, 3.05) is 13.1 Å². The lowest BCUT2D eigenvalue weighted by Gasteiger charge is -2.30. The number of nitrogens with zero attached hydrogens (tertiary/aromatic N) is 4. The van der Waals surface area contributed by atoms with Crippen molar-refractivity contribution in [2.45, 2.75) is 25.9 Å². The quantitative estimate of drug-likeness (QED) is 0.705. The molecule has 1 saturated heterocycles. The van der Waals surface area contributed by atoms with Crippen molar-refractivity contribution in [2.24, 2.45) is 5.92 Å². The van der Waals surface area contributed by atoms with Crippen LogP contribution < -0.4 is 5.32 Å². The lowest BCUT2D eigenvalue weighted by Crippen LogP contribution is -2.40. The average molecular weight is 383 g/mol. The molecular formula is C19H21N5O2S. The Morgan fingerprint density at radius 1 is 1.33 bits per heavy atom. The van der Waals surface area contributed by atoms with E-state index in [-0.39, 0.29) is 11.8 Å². The van der Waals surface area contributed by atoms with E-state index in [1.807, 2.05) is 17.5 Å². The van der Waals surface area contributed by atoms with Gasteiger partial charge in [-0.25, -0.2) is 4.98 Å². The highest BCUT2D eigenvalue weighted by molar-refractivity contribution is 7.13. The molecule has 4 rings (SSSR count). The minimum atomic E-state index is 0.0657. The van der Waals surface area contributed by atoms with Crippen LogP contribution in [0.25, 0.3) is 10.7 Å². The Labute approximate surface area is 161 Å². The molecule has 3 aromatic rings. The van der Waals surface area contributed by atoms with Gasteiger partial charge in [-0.3, -0.25) is 19.7 Å². The average Bonchev–Trinajstić information content (AvgIpc) is 3.39. The lowest BCUT2D eigenvalue weighted by atomic mass is 9.96. The first-order chi connectivity index (χ1) is 13.3. The monoisotopic (exact) mass is 383 g/mol. The van der Waals surface area contributed by atoms with Crippen LogP contribution in [-0.2, 0) is 17.9 Å². The first kappa shape index (κ1) is 17.8. The maximum absolute atomic E-state index is 12.5. The zero-order valence-corrected chi connectivity index (χ0v) is 15.7. The third-order valence-corrected chi connectivity index (χ3v) is 5.61. The summed E-state index contributed by atoms with van der Waals surface area (Å²) in [6.07, 6.45) is 8.42. The number of furan rings is 1. The molecule has 0 saturated carbocycles. The summed E-state index contributed by atoms with van der Waals surface area (Å²) in [6, 6.07) is 3.89. The van der Waals surface area contributed by atoms with E-state index < -0.39 is 0 Å². The molecule has 27 heavy (non-hydrogen) atoms. The number of hydrogen-bond acceptors (Lipinski definition) is 7. The van der Waals surface area contributed by atoms with E-state index in [9.17, 15) is 4.79 Å². The van der Waals surface area contributed by atoms with Crippen molar-refractivity contribution in [3.8, 4) is 10.7 Å². The first-order valence-electron chi connectivity index (χ1n) is 9.01. The van der Waals surface area contributed by atoms with Crippen LogP contribution in [0.1, 0.15) is 24.3 Å². The van der Waals surface area contributed by atoms with Gasteiger partial charge in [0.15, 0.2) is 0 Å². The Balaban J connectivity index is 1.24. The van der Waals surface area contributed by atoms with Gasteiger partial charge in [0, 0.05) is 23.7 Å². The van der Waals surface area contributed by atoms with E-state index in [4.69, 9.17) is 4.42 Å². The maximum Gasteiger partial charge on any atom is 0.223 e. The number of likely N-dealkylation sites (tertiary alicyclic amines) is 1. The molecule has 0 radical (unpaired) electrons. The van der Waals surface area contributed by atoms with Crippen LogP contribution in [0.15, 0.2) is 46.8 Å². The molecule has 0 atom stereocenters. The number of nitrogens with one attached hydrogen (secondary N) is 1. The highest BCUT2D eigenvalue weighted by Gasteiger charge is 2.25. The topological polar surface area (TPSA) is 84.2 Å². The standard InChI is InChI=1S/C19H21N5O2S/c25-18(14-3-7-24(8-4-14)12-16-2-1-9-26-16)22-10-15-13-27-19(23-15)17-11-20-5-6-21-17/h1-2,5-6,9,11,13-14H,3-4,7-8,10,12H2,(H,22,25). The number of carbonyl (C=O) groups is 1. The molecule has 0 aliphatic carbocycles. The van der Waals surface area contributed by atoms with Crippen LogP contribution in [0.4, 0.5) is 0 Å². The van der Waals surface area contributed by atoms with Gasteiger partial charge in [-0.05, 0) is 38.1 Å². The Bertz CT molecular complexity index is 857. The van der Waals surface area contributed by atoms with Gasteiger partial charge in [0.2, 0.25) is 5.91 Å². The van der Waals surface area contributed by atoms with Crippen LogP contribution in [0.5, 0.6) is 0 Å². The van der Waals surface area contributed by atoms with Gasteiger partial charge in [-0.15, -0.1) is 11.3 Å². The molecule has 1 fully saturated rings. The largest absolute Gasteiger partial charge is 0.468 e. The summed E-state index contributed by atoms with van der Waals surface area (Å²) >= 11 is 1.51. The fraction of sp³-hybridized carbons (Fsp3) is 0.368. The molecule has 0 spiro atoms. The molecule has 8 heteroatoms. The van der Waals surface area contributed by atoms with E-state index in [0.717, 1.165) is 54.6 Å². The fourth-order valence-corrected chi connectivity index (χ4v) is 3.99. The van der Waals surface area contributed by atoms with Crippen LogP contribution in [0.3, 0.4) is 0 Å². The summed E-state index contributed by atoms with van der Waals surface area (Å²) < 4.78 is 5.40. The highest BCUT2D eigenvalue weighted by atomic mass is 32.1. The summed E-state index contributed by atoms with van der Waals surface area (Å²) in [5, 5.41) is 5.80. The van der Waals surface area contributed by atoms with Crippen LogP contribution >= 0.6 is 11.3 Å². The summed E-state index contributed by atoms with van der Waals surface area (Å²) in [7, 11) is 0. The van der Waals surface area contributed by atoms with Crippen LogP contribution in [0, 0.1) is 5.92 Å². The SMILES string of the molecule is O=C(NCc1csc(-c2cnccn2)n1)C1CCN(Cc2ccco2)CC1. The molecule has 1 N–H and O–H groups in total. The second-order valence-electron chi connectivity index (χ2n) is 6.58. The maximum atomic E-state index is 12.5. The molecule has 1 amide bonds. The third-order valence-electron chi connectivity index (χ3n) is 4.70. The number of aromatic nitrogens is 3. The zero-order valence-electron chi connectivity index (χ0n) is 14.9. The van der Waals surface area contributed by atoms with Crippen molar-refractivity contribution in [1.82, 2.24) is 25.2 Å². The predicted molar refractivity (Wildman–Crippen MR) is 102 cm³/mol. The smallest absolute Gasteiger partial charge is 0.223 e. The predicted octanol–water partition coefficient (Wildman–Crippen LogP) is 2.72. The van der Waals surface area contributed by atoms with Gasteiger partial charge in [0.05, 0.1) is 31.2 Å².